The molecule has 0 spiro atoms. The van der Waals surface area contributed by atoms with Crippen molar-refractivity contribution in [3.05, 3.63) is 71.3 Å². The van der Waals surface area contributed by atoms with E-state index in [0.29, 0.717) is 17.9 Å². The molecule has 0 radical (unpaired) electrons. The van der Waals surface area contributed by atoms with E-state index in [1.165, 1.54) is 25.5 Å². The molecule has 2 aromatic rings. The van der Waals surface area contributed by atoms with E-state index in [4.69, 9.17) is 4.74 Å². The first-order valence-corrected chi connectivity index (χ1v) is 10.5. The highest BCUT2D eigenvalue weighted by Gasteiger charge is 2.19. The van der Waals surface area contributed by atoms with Crippen molar-refractivity contribution in [2.45, 2.75) is 38.5 Å². The van der Waals surface area contributed by atoms with Crippen LogP contribution in [0.3, 0.4) is 0 Å². The molecule has 1 unspecified atom stereocenters. The zero-order valence-corrected chi connectivity index (χ0v) is 17.2. The van der Waals surface area contributed by atoms with Crippen molar-refractivity contribution in [3.8, 4) is 0 Å². The maximum Gasteiger partial charge on any atom is 0.337 e. The standard InChI is InChI=1S/C24H32N2O3/c1-29-24(28)22-10-7-19(8-11-22)9-12-23(27)25-17-20-13-15-26(16-14-20)18-21-5-3-2-4-6-21/h2-8,10-11,20,23,25,27H,9,12-18H2,1H3. The molecule has 1 aliphatic heterocycles. The number of aliphatic hydroxyl groups excluding tert-OH is 1. The van der Waals surface area contributed by atoms with Crippen molar-refractivity contribution in [3.63, 3.8) is 0 Å². The predicted octanol–water partition coefficient (Wildman–Crippen LogP) is 3.23. The lowest BCUT2D eigenvalue weighted by Gasteiger charge is -2.32. The van der Waals surface area contributed by atoms with Gasteiger partial charge in [-0.15, -0.1) is 0 Å². The highest BCUT2D eigenvalue weighted by atomic mass is 16.5. The number of esters is 1. The smallest absolute Gasteiger partial charge is 0.337 e. The van der Waals surface area contributed by atoms with Gasteiger partial charge in [-0.3, -0.25) is 10.2 Å². The van der Waals surface area contributed by atoms with E-state index in [-0.39, 0.29) is 5.97 Å². The van der Waals surface area contributed by atoms with Gasteiger partial charge in [-0.1, -0.05) is 42.5 Å². The Bertz CT molecular complexity index is 740. The third-order valence-corrected chi connectivity index (χ3v) is 5.68. The van der Waals surface area contributed by atoms with Crippen molar-refractivity contribution in [2.75, 3.05) is 26.7 Å². The highest BCUT2D eigenvalue weighted by molar-refractivity contribution is 5.89. The van der Waals surface area contributed by atoms with E-state index in [1.54, 1.807) is 12.1 Å². The van der Waals surface area contributed by atoms with E-state index < -0.39 is 6.23 Å². The van der Waals surface area contributed by atoms with Crippen molar-refractivity contribution in [2.24, 2.45) is 5.92 Å². The fourth-order valence-corrected chi connectivity index (χ4v) is 3.82. The van der Waals surface area contributed by atoms with E-state index in [9.17, 15) is 9.90 Å². The third kappa shape index (κ3) is 6.96. The van der Waals surface area contributed by atoms with Gasteiger partial charge in [-0.2, -0.15) is 0 Å². The van der Waals surface area contributed by atoms with Crippen LogP contribution >= 0.6 is 0 Å². The number of nitrogens with one attached hydrogen (secondary N) is 1. The molecule has 5 heteroatoms. The number of piperidine rings is 1. The van der Waals surface area contributed by atoms with E-state index in [2.05, 4.69) is 40.5 Å². The van der Waals surface area contributed by atoms with Crippen LogP contribution in [-0.2, 0) is 17.7 Å². The van der Waals surface area contributed by atoms with Crippen LogP contribution in [-0.4, -0.2) is 48.9 Å². The van der Waals surface area contributed by atoms with Crippen LogP contribution in [0.15, 0.2) is 54.6 Å². The number of benzene rings is 2. The van der Waals surface area contributed by atoms with Gasteiger partial charge < -0.3 is 9.84 Å². The average Bonchev–Trinajstić information content (AvgIpc) is 2.77. The number of ether oxygens (including phenoxy) is 1. The van der Waals surface area contributed by atoms with Crippen LogP contribution in [0.5, 0.6) is 0 Å². The zero-order valence-electron chi connectivity index (χ0n) is 17.2. The average molecular weight is 397 g/mol. The number of hydrogen-bond acceptors (Lipinski definition) is 5. The molecule has 5 nitrogen and oxygen atoms in total. The molecule has 0 aromatic heterocycles. The monoisotopic (exact) mass is 396 g/mol. The molecule has 1 atom stereocenters. The van der Waals surface area contributed by atoms with E-state index >= 15 is 0 Å². The number of rotatable bonds is 9. The molecule has 29 heavy (non-hydrogen) atoms. The van der Waals surface area contributed by atoms with E-state index in [1.807, 2.05) is 12.1 Å². The minimum atomic E-state index is -0.502. The summed E-state index contributed by atoms with van der Waals surface area (Å²) in [5, 5.41) is 13.6. The van der Waals surface area contributed by atoms with Gasteiger partial charge in [0.05, 0.1) is 12.7 Å². The minimum Gasteiger partial charge on any atom is -0.465 e. The number of nitrogens with zero attached hydrogens (tertiary/aromatic N) is 1. The first-order valence-electron chi connectivity index (χ1n) is 10.5. The van der Waals surface area contributed by atoms with Crippen LogP contribution in [0.25, 0.3) is 0 Å². The van der Waals surface area contributed by atoms with Gasteiger partial charge in [0.25, 0.3) is 0 Å². The van der Waals surface area contributed by atoms with Crippen molar-refractivity contribution in [1.82, 2.24) is 10.2 Å². The summed E-state index contributed by atoms with van der Waals surface area (Å²) in [6, 6.07) is 18.0. The molecule has 1 saturated heterocycles. The molecular weight excluding hydrogens is 364 g/mol. The number of carbonyl (C=O) groups is 1. The quantitative estimate of drug-likeness (QED) is 0.503. The molecule has 1 aliphatic rings. The summed E-state index contributed by atoms with van der Waals surface area (Å²) in [4.78, 5) is 14.0. The molecule has 0 amide bonds. The summed E-state index contributed by atoms with van der Waals surface area (Å²) < 4.78 is 4.71. The maximum atomic E-state index is 11.5. The first-order chi connectivity index (χ1) is 14.1. The van der Waals surface area contributed by atoms with Crippen molar-refractivity contribution >= 4 is 5.97 Å². The molecule has 3 rings (SSSR count). The lowest BCUT2D eigenvalue weighted by atomic mass is 9.96. The Hall–Kier alpha value is -2.21. The van der Waals surface area contributed by atoms with Crippen molar-refractivity contribution < 1.29 is 14.6 Å². The number of hydrogen-bond donors (Lipinski definition) is 2. The normalized spacial score (nSPS) is 16.5. The van der Waals surface area contributed by atoms with Crippen LogP contribution in [0.1, 0.15) is 40.7 Å². The van der Waals surface area contributed by atoms with Crippen LogP contribution in [0.2, 0.25) is 0 Å². The molecule has 1 fully saturated rings. The van der Waals surface area contributed by atoms with Crippen LogP contribution in [0, 0.1) is 5.92 Å². The minimum absolute atomic E-state index is 0.326. The summed E-state index contributed by atoms with van der Waals surface area (Å²) in [5.41, 5.74) is 3.03. The largest absolute Gasteiger partial charge is 0.465 e. The topological polar surface area (TPSA) is 61.8 Å². The van der Waals surface area contributed by atoms with Gasteiger partial charge in [0.15, 0.2) is 0 Å². The second kappa shape index (κ2) is 11.1. The number of methoxy groups -OCH3 is 1. The van der Waals surface area contributed by atoms with Gasteiger partial charge in [-0.05, 0) is 68.0 Å². The lowest BCUT2D eigenvalue weighted by Crippen LogP contribution is -2.39. The Morgan fingerprint density at radius 2 is 1.79 bits per heavy atom. The predicted molar refractivity (Wildman–Crippen MR) is 115 cm³/mol. The molecule has 0 aliphatic carbocycles. The Morgan fingerprint density at radius 3 is 2.45 bits per heavy atom. The molecule has 156 valence electrons. The summed E-state index contributed by atoms with van der Waals surface area (Å²) >= 11 is 0. The molecule has 0 bridgehead atoms. The second-order valence-corrected chi connectivity index (χ2v) is 7.86. The first kappa shape index (κ1) is 21.5. The van der Waals surface area contributed by atoms with Crippen LogP contribution in [0.4, 0.5) is 0 Å². The summed E-state index contributed by atoms with van der Waals surface area (Å²) in [5.74, 6) is 0.295. The molecule has 0 saturated carbocycles. The van der Waals surface area contributed by atoms with Gasteiger partial charge in [0.1, 0.15) is 6.23 Å². The fraction of sp³-hybridized carbons (Fsp3) is 0.458. The Balaban J connectivity index is 1.32. The Labute approximate surface area is 173 Å². The third-order valence-electron chi connectivity index (χ3n) is 5.68. The maximum absolute atomic E-state index is 11.5. The SMILES string of the molecule is COC(=O)c1ccc(CCC(O)NCC2CCN(Cc3ccccc3)CC2)cc1. The number of aryl methyl sites for hydroxylation is 1. The fourth-order valence-electron chi connectivity index (χ4n) is 3.82. The Morgan fingerprint density at radius 1 is 1.10 bits per heavy atom. The summed E-state index contributed by atoms with van der Waals surface area (Å²) in [6.07, 6.45) is 3.26. The highest BCUT2D eigenvalue weighted by Crippen LogP contribution is 2.18. The second-order valence-electron chi connectivity index (χ2n) is 7.86. The summed E-state index contributed by atoms with van der Waals surface area (Å²) in [7, 11) is 1.38. The molecular formula is C24H32N2O3. The van der Waals surface area contributed by atoms with Gasteiger partial charge in [0.2, 0.25) is 0 Å². The van der Waals surface area contributed by atoms with Gasteiger partial charge in [-0.25, -0.2) is 4.79 Å². The Kier molecular flexibility index (Phi) is 8.23. The van der Waals surface area contributed by atoms with E-state index in [0.717, 1.165) is 38.2 Å². The van der Waals surface area contributed by atoms with Crippen LogP contribution < -0.4 is 5.32 Å². The number of carbonyl (C=O) groups excluding carboxylic acids is 1. The molecule has 1 heterocycles. The number of aliphatic hydroxyl groups is 1. The summed E-state index contributed by atoms with van der Waals surface area (Å²) in [6.45, 7) is 4.12. The van der Waals surface area contributed by atoms with Gasteiger partial charge >= 0.3 is 5.97 Å². The zero-order chi connectivity index (χ0) is 20.5. The number of likely N-dealkylation sites (tertiary alicyclic amines) is 1. The molecule has 2 aromatic carbocycles. The van der Waals surface area contributed by atoms with Crippen molar-refractivity contribution in [1.29, 1.82) is 0 Å². The molecule has 2 N–H and O–H groups in total. The van der Waals surface area contributed by atoms with Gasteiger partial charge in [0, 0.05) is 13.1 Å². The lowest BCUT2D eigenvalue weighted by molar-refractivity contribution is 0.0600.